The Morgan fingerprint density at radius 1 is 1.00 bits per heavy atom. The van der Waals surface area contributed by atoms with Crippen molar-refractivity contribution >= 4 is 64.9 Å². The summed E-state index contributed by atoms with van der Waals surface area (Å²) in [6.45, 7) is 2.19. The summed E-state index contributed by atoms with van der Waals surface area (Å²) in [6, 6.07) is 0. The van der Waals surface area contributed by atoms with Crippen molar-refractivity contribution in [1.29, 1.82) is 0 Å². The third kappa shape index (κ3) is 21.0. The molecule has 0 aromatic heterocycles. The van der Waals surface area contributed by atoms with Crippen LogP contribution in [0.25, 0.3) is 0 Å². The van der Waals surface area contributed by atoms with Gasteiger partial charge in [0.15, 0.2) is 0 Å². The second-order valence-electron chi connectivity index (χ2n) is 5.21. The Hall–Kier alpha value is 0.951. The number of carbonyl (C=O) groups excluding carboxylic acids is 1. The minimum atomic E-state index is -3.98. The Bertz CT molecular complexity index is 357. The first-order valence-electron chi connectivity index (χ1n) is 7.67. The third-order valence-electron chi connectivity index (χ3n) is 3.19. The molecule has 0 saturated carbocycles. The smallest absolute Gasteiger partial charge is 1.00 e. The molecule has 2 N–H and O–H groups in total. The number of carbonyl (C=O) groups is 1. The van der Waals surface area contributed by atoms with Crippen LogP contribution >= 0.6 is 0 Å². The third-order valence-corrected chi connectivity index (χ3v) is 3.91. The van der Waals surface area contributed by atoms with Crippen molar-refractivity contribution in [2.24, 2.45) is 0 Å². The van der Waals surface area contributed by atoms with Gasteiger partial charge in [-0.3, -0.25) is 9.35 Å². The van der Waals surface area contributed by atoms with E-state index >= 15 is 0 Å². The van der Waals surface area contributed by atoms with E-state index < -0.39 is 15.9 Å². The van der Waals surface area contributed by atoms with E-state index in [1.165, 1.54) is 38.5 Å². The van der Waals surface area contributed by atoms with Crippen LogP contribution < -0.4 is 5.32 Å². The van der Waals surface area contributed by atoms with Crippen molar-refractivity contribution < 1.29 is 20.6 Å². The second-order valence-corrected chi connectivity index (χ2v) is 6.79. The van der Waals surface area contributed by atoms with E-state index in [1.54, 1.807) is 0 Å². The van der Waals surface area contributed by atoms with Gasteiger partial charge in [-0.05, 0) is 6.42 Å². The largest absolute Gasteiger partial charge is 2.00 e. The van der Waals surface area contributed by atoms with Crippen LogP contribution in [0.2, 0.25) is 0 Å². The van der Waals surface area contributed by atoms with Gasteiger partial charge in [0.1, 0.15) is 0 Å². The number of rotatable bonds is 13. The zero-order valence-electron chi connectivity index (χ0n) is 15.3. The number of nitrogens with one attached hydrogen (secondary N) is 1. The molecule has 0 rings (SSSR count). The van der Waals surface area contributed by atoms with Crippen LogP contribution in [0.15, 0.2) is 0 Å². The molecule has 0 atom stereocenters. The summed E-state index contributed by atoms with van der Waals surface area (Å²) < 4.78 is 29.4. The molecule has 7 heteroatoms. The Labute approximate surface area is 172 Å². The number of unbranched alkanes of at least 4 members (excludes halogenated alkanes) is 8. The molecule has 21 heavy (non-hydrogen) atoms. The van der Waals surface area contributed by atoms with E-state index in [0.717, 1.165) is 19.3 Å². The molecular formula is C14H31BaNO4S. The average molecular weight is 447 g/mol. The molecule has 0 saturated heterocycles. The van der Waals surface area contributed by atoms with Gasteiger partial charge in [0, 0.05) is 13.0 Å². The summed E-state index contributed by atoms with van der Waals surface area (Å²) in [6.07, 6.45) is 11.2. The first kappa shape index (κ1) is 24.2. The molecule has 0 radical (unpaired) electrons. The SMILES string of the molecule is CCCCCCCCCCCC(=O)NCCS(=O)(=O)O.[Ba+2].[H-].[H-]. The summed E-state index contributed by atoms with van der Waals surface area (Å²) in [5, 5.41) is 2.49. The van der Waals surface area contributed by atoms with Crippen molar-refractivity contribution in [3.05, 3.63) is 0 Å². The molecule has 5 nitrogen and oxygen atoms in total. The summed E-state index contributed by atoms with van der Waals surface area (Å²) in [5.74, 6) is -0.562. The molecule has 124 valence electrons. The van der Waals surface area contributed by atoms with Crippen molar-refractivity contribution in [2.75, 3.05) is 12.3 Å². The Balaban J connectivity index is -0.000000602. The molecule has 0 fully saturated rings. The van der Waals surface area contributed by atoms with Gasteiger partial charge in [-0.15, -0.1) is 0 Å². The summed E-state index contributed by atoms with van der Waals surface area (Å²) in [7, 11) is -3.98. The predicted molar refractivity (Wildman–Crippen MR) is 89.2 cm³/mol. The Kier molecular flexibility index (Phi) is 18.3. The van der Waals surface area contributed by atoms with Gasteiger partial charge in [-0.1, -0.05) is 58.3 Å². The monoisotopic (exact) mass is 447 g/mol. The van der Waals surface area contributed by atoms with Crippen LogP contribution in [-0.4, -0.2) is 80.1 Å². The topological polar surface area (TPSA) is 83.5 Å². The zero-order chi connectivity index (χ0) is 15.3. The van der Waals surface area contributed by atoms with Crippen LogP contribution in [0.3, 0.4) is 0 Å². The van der Waals surface area contributed by atoms with Gasteiger partial charge in [0.05, 0.1) is 5.75 Å². The van der Waals surface area contributed by atoms with Crippen LogP contribution in [-0.2, 0) is 14.9 Å². The Morgan fingerprint density at radius 3 is 1.95 bits per heavy atom. The van der Waals surface area contributed by atoms with E-state index in [2.05, 4.69) is 12.2 Å². The number of hydrogen-bond donors (Lipinski definition) is 2. The fourth-order valence-corrected chi connectivity index (χ4v) is 2.36. The predicted octanol–water partition coefficient (Wildman–Crippen LogP) is 2.76. The molecule has 0 heterocycles. The molecule has 0 bridgehead atoms. The van der Waals surface area contributed by atoms with Crippen molar-refractivity contribution in [3.8, 4) is 0 Å². The van der Waals surface area contributed by atoms with Gasteiger partial charge in [0.2, 0.25) is 5.91 Å². The molecule has 0 aromatic rings. The Morgan fingerprint density at radius 2 is 1.48 bits per heavy atom. The fraction of sp³-hybridized carbons (Fsp3) is 0.929. The van der Waals surface area contributed by atoms with Gasteiger partial charge < -0.3 is 8.17 Å². The van der Waals surface area contributed by atoms with Gasteiger partial charge >= 0.3 is 48.9 Å². The number of hydrogen-bond acceptors (Lipinski definition) is 3. The van der Waals surface area contributed by atoms with E-state index in [0.29, 0.717) is 6.42 Å². The van der Waals surface area contributed by atoms with Gasteiger partial charge in [-0.2, -0.15) is 8.42 Å². The van der Waals surface area contributed by atoms with Crippen molar-refractivity contribution in [3.63, 3.8) is 0 Å². The minimum absolute atomic E-state index is 0. The second kappa shape index (κ2) is 15.8. The van der Waals surface area contributed by atoms with Gasteiger partial charge in [0.25, 0.3) is 10.1 Å². The zero-order valence-corrected chi connectivity index (χ0v) is 18.5. The van der Waals surface area contributed by atoms with Crippen LogP contribution in [0.4, 0.5) is 0 Å². The molecule has 0 spiro atoms. The fourth-order valence-electron chi connectivity index (χ4n) is 2.00. The quantitative estimate of drug-likeness (QED) is 0.259. The van der Waals surface area contributed by atoms with Crippen LogP contribution in [0, 0.1) is 0 Å². The van der Waals surface area contributed by atoms with Crippen molar-refractivity contribution in [1.82, 2.24) is 5.32 Å². The molecule has 0 aliphatic heterocycles. The van der Waals surface area contributed by atoms with Crippen molar-refractivity contribution in [2.45, 2.75) is 71.1 Å². The molecule has 0 aliphatic rings. The van der Waals surface area contributed by atoms with Crippen LogP contribution in [0.1, 0.15) is 74.0 Å². The van der Waals surface area contributed by atoms with Gasteiger partial charge in [-0.25, -0.2) is 0 Å². The maximum atomic E-state index is 11.3. The average Bonchev–Trinajstić information content (AvgIpc) is 2.35. The van der Waals surface area contributed by atoms with Crippen LogP contribution in [0.5, 0.6) is 0 Å². The standard InChI is InChI=1S/C14H29NO4S.Ba.2H/c1-2-3-4-5-6-7-8-9-10-11-14(16)15-12-13-20(17,18)19;;;/h2-13H2,1H3,(H,15,16)(H,17,18,19);;;/q;+2;2*-1. The minimum Gasteiger partial charge on any atom is -1.00 e. The summed E-state index contributed by atoms with van der Waals surface area (Å²) >= 11 is 0. The molecule has 0 aliphatic carbocycles. The van der Waals surface area contributed by atoms with E-state index in [-0.39, 0.29) is 64.2 Å². The maximum absolute atomic E-state index is 11.3. The molecular weight excluding hydrogens is 416 g/mol. The van der Waals surface area contributed by atoms with E-state index in [9.17, 15) is 13.2 Å². The maximum Gasteiger partial charge on any atom is 2.00 e. The molecule has 1 amide bonds. The summed E-state index contributed by atoms with van der Waals surface area (Å²) in [5.41, 5.74) is 0. The number of amides is 1. The first-order valence-corrected chi connectivity index (χ1v) is 9.28. The van der Waals surface area contributed by atoms with E-state index in [1.807, 2.05) is 0 Å². The first-order chi connectivity index (χ1) is 9.45. The van der Waals surface area contributed by atoms with E-state index in [4.69, 9.17) is 4.55 Å². The molecule has 0 unspecified atom stereocenters. The summed E-state index contributed by atoms with van der Waals surface area (Å²) in [4.78, 5) is 11.3. The molecule has 0 aromatic carbocycles. The normalized spacial score (nSPS) is 11.0.